The lowest BCUT2D eigenvalue weighted by Crippen LogP contribution is -2.43. The molecule has 94 valence electrons. The van der Waals surface area contributed by atoms with Crippen LogP contribution in [0.1, 0.15) is 26.5 Å². The topological polar surface area (TPSA) is 62.5 Å². The van der Waals surface area contributed by atoms with Crippen molar-refractivity contribution in [3.05, 3.63) is 30.2 Å². The molecule has 0 aromatic carbocycles. The van der Waals surface area contributed by atoms with E-state index in [0.717, 1.165) is 0 Å². The van der Waals surface area contributed by atoms with E-state index < -0.39 is 5.60 Å². The molecule has 1 aromatic rings. The van der Waals surface area contributed by atoms with Gasteiger partial charge in [0.05, 0.1) is 11.9 Å². The highest BCUT2D eigenvalue weighted by Gasteiger charge is 2.24. The van der Waals surface area contributed by atoms with Gasteiger partial charge in [-0.05, 0) is 31.1 Å². The van der Waals surface area contributed by atoms with Crippen molar-refractivity contribution in [3.63, 3.8) is 0 Å². The molecule has 0 unspecified atom stereocenters. The Balaban J connectivity index is 2.41. The normalized spacial score (nSPS) is 15.1. The van der Waals surface area contributed by atoms with Gasteiger partial charge in [0.15, 0.2) is 0 Å². The van der Waals surface area contributed by atoms with Crippen LogP contribution in [-0.4, -0.2) is 23.2 Å². The second-order valence-electron chi connectivity index (χ2n) is 4.58. The van der Waals surface area contributed by atoms with E-state index in [0.29, 0.717) is 5.76 Å². The summed E-state index contributed by atoms with van der Waals surface area (Å²) in [7, 11) is 0. The van der Waals surface area contributed by atoms with Crippen LogP contribution in [0.25, 0.3) is 6.08 Å². The Bertz CT molecular complexity index is 377. The molecule has 1 amide bonds. The summed E-state index contributed by atoms with van der Waals surface area (Å²) in [5, 5.41) is 12.6. The Morgan fingerprint density at radius 3 is 2.88 bits per heavy atom. The van der Waals surface area contributed by atoms with E-state index in [4.69, 9.17) is 4.42 Å². The number of hydrogen-bond donors (Lipinski definition) is 2. The lowest BCUT2D eigenvalue weighted by Gasteiger charge is -2.27. The molecule has 1 aromatic heterocycles. The fraction of sp³-hybridized carbons (Fsp3) is 0.462. The molecule has 1 atom stereocenters. The van der Waals surface area contributed by atoms with E-state index in [2.05, 4.69) is 5.32 Å². The molecular formula is C13H19NO3. The van der Waals surface area contributed by atoms with Gasteiger partial charge in [-0.3, -0.25) is 4.79 Å². The first-order chi connectivity index (χ1) is 7.92. The van der Waals surface area contributed by atoms with Crippen molar-refractivity contribution in [2.75, 3.05) is 6.54 Å². The number of carbonyl (C=O) groups excluding carboxylic acids is 1. The van der Waals surface area contributed by atoms with Crippen LogP contribution in [0.2, 0.25) is 0 Å². The first kappa shape index (κ1) is 13.5. The standard InChI is InChI=1S/C13H19NO3/c1-10(2)13(3,16)9-14-12(15)7-6-11-5-4-8-17-11/h4-8,10,16H,9H2,1-3H3,(H,14,15)/b7-6-/t13-/m0/s1. The predicted molar refractivity (Wildman–Crippen MR) is 66.2 cm³/mol. The molecule has 4 nitrogen and oxygen atoms in total. The van der Waals surface area contributed by atoms with Crippen molar-refractivity contribution in [1.82, 2.24) is 5.32 Å². The van der Waals surface area contributed by atoms with Crippen molar-refractivity contribution in [3.8, 4) is 0 Å². The lowest BCUT2D eigenvalue weighted by atomic mass is 9.92. The van der Waals surface area contributed by atoms with Crippen molar-refractivity contribution < 1.29 is 14.3 Å². The molecule has 0 radical (unpaired) electrons. The first-order valence-electron chi connectivity index (χ1n) is 5.63. The second kappa shape index (κ2) is 5.68. The molecule has 0 saturated carbocycles. The van der Waals surface area contributed by atoms with Gasteiger partial charge in [-0.15, -0.1) is 0 Å². The van der Waals surface area contributed by atoms with Gasteiger partial charge in [0.1, 0.15) is 5.76 Å². The number of amides is 1. The van der Waals surface area contributed by atoms with Crippen LogP contribution in [0.15, 0.2) is 28.9 Å². The molecule has 4 heteroatoms. The molecule has 0 bridgehead atoms. The maximum atomic E-state index is 11.5. The van der Waals surface area contributed by atoms with Gasteiger partial charge in [-0.1, -0.05) is 13.8 Å². The molecule has 1 heterocycles. The predicted octanol–water partition coefficient (Wildman–Crippen LogP) is 1.82. The van der Waals surface area contributed by atoms with Gasteiger partial charge < -0.3 is 14.8 Å². The Morgan fingerprint density at radius 2 is 2.35 bits per heavy atom. The van der Waals surface area contributed by atoms with Gasteiger partial charge >= 0.3 is 0 Å². The maximum absolute atomic E-state index is 11.5. The minimum atomic E-state index is -0.895. The highest BCUT2D eigenvalue weighted by Crippen LogP contribution is 2.14. The number of furan rings is 1. The summed E-state index contributed by atoms with van der Waals surface area (Å²) in [5.74, 6) is 0.454. The van der Waals surface area contributed by atoms with E-state index in [1.54, 1.807) is 31.4 Å². The Labute approximate surface area is 101 Å². The average molecular weight is 237 g/mol. The smallest absolute Gasteiger partial charge is 0.244 e. The summed E-state index contributed by atoms with van der Waals surface area (Å²) in [5.41, 5.74) is -0.895. The molecule has 0 fully saturated rings. The summed E-state index contributed by atoms with van der Waals surface area (Å²) >= 11 is 0. The summed E-state index contributed by atoms with van der Waals surface area (Å²) in [6, 6.07) is 3.51. The maximum Gasteiger partial charge on any atom is 0.244 e. The Morgan fingerprint density at radius 1 is 1.65 bits per heavy atom. The summed E-state index contributed by atoms with van der Waals surface area (Å²) < 4.78 is 5.05. The Kier molecular flexibility index (Phi) is 4.52. The van der Waals surface area contributed by atoms with Gasteiger partial charge in [-0.2, -0.15) is 0 Å². The SMILES string of the molecule is CC(C)[C@@](C)(O)CNC(=O)/C=C\c1ccco1. The van der Waals surface area contributed by atoms with Crippen molar-refractivity contribution in [1.29, 1.82) is 0 Å². The lowest BCUT2D eigenvalue weighted by molar-refractivity contribution is -0.118. The van der Waals surface area contributed by atoms with Crippen LogP contribution in [-0.2, 0) is 4.79 Å². The number of hydrogen-bond acceptors (Lipinski definition) is 3. The van der Waals surface area contributed by atoms with Crippen LogP contribution >= 0.6 is 0 Å². The number of aliphatic hydroxyl groups is 1. The van der Waals surface area contributed by atoms with E-state index in [1.807, 2.05) is 13.8 Å². The minimum Gasteiger partial charge on any atom is -0.465 e. The van der Waals surface area contributed by atoms with Crippen LogP contribution in [0.5, 0.6) is 0 Å². The summed E-state index contributed by atoms with van der Waals surface area (Å²) in [4.78, 5) is 11.5. The quantitative estimate of drug-likeness (QED) is 0.768. The van der Waals surface area contributed by atoms with Crippen molar-refractivity contribution in [2.45, 2.75) is 26.4 Å². The van der Waals surface area contributed by atoms with Crippen LogP contribution in [0, 0.1) is 5.92 Å². The van der Waals surface area contributed by atoms with E-state index in [1.165, 1.54) is 6.08 Å². The zero-order valence-corrected chi connectivity index (χ0v) is 10.4. The van der Waals surface area contributed by atoms with E-state index in [-0.39, 0.29) is 18.4 Å². The molecule has 0 aliphatic heterocycles. The zero-order chi connectivity index (χ0) is 12.9. The van der Waals surface area contributed by atoms with Crippen LogP contribution in [0.3, 0.4) is 0 Å². The molecule has 0 aliphatic carbocycles. The van der Waals surface area contributed by atoms with Gasteiger partial charge in [0, 0.05) is 12.6 Å². The summed E-state index contributed by atoms with van der Waals surface area (Å²) in [6.45, 7) is 5.75. The first-order valence-corrected chi connectivity index (χ1v) is 5.63. The van der Waals surface area contributed by atoms with E-state index >= 15 is 0 Å². The molecule has 1 rings (SSSR count). The Hall–Kier alpha value is -1.55. The van der Waals surface area contributed by atoms with Crippen molar-refractivity contribution in [2.24, 2.45) is 5.92 Å². The van der Waals surface area contributed by atoms with Gasteiger partial charge in [0.2, 0.25) is 5.91 Å². The molecule has 0 spiro atoms. The third-order valence-corrected chi connectivity index (χ3v) is 2.81. The van der Waals surface area contributed by atoms with E-state index in [9.17, 15) is 9.90 Å². The summed E-state index contributed by atoms with van der Waals surface area (Å²) in [6.07, 6.45) is 4.51. The molecular weight excluding hydrogens is 218 g/mol. The number of rotatable bonds is 5. The molecule has 0 aliphatic rings. The van der Waals surface area contributed by atoms with Gasteiger partial charge in [0.25, 0.3) is 0 Å². The number of nitrogens with one attached hydrogen (secondary N) is 1. The highest BCUT2D eigenvalue weighted by molar-refractivity contribution is 5.91. The van der Waals surface area contributed by atoms with Crippen LogP contribution in [0.4, 0.5) is 0 Å². The van der Waals surface area contributed by atoms with Crippen LogP contribution < -0.4 is 5.32 Å². The largest absolute Gasteiger partial charge is 0.465 e. The third kappa shape index (κ3) is 4.44. The second-order valence-corrected chi connectivity index (χ2v) is 4.58. The fourth-order valence-corrected chi connectivity index (χ4v) is 1.07. The molecule has 2 N–H and O–H groups in total. The highest BCUT2D eigenvalue weighted by atomic mass is 16.3. The van der Waals surface area contributed by atoms with Gasteiger partial charge in [-0.25, -0.2) is 0 Å². The zero-order valence-electron chi connectivity index (χ0n) is 10.4. The monoisotopic (exact) mass is 237 g/mol. The average Bonchev–Trinajstić information content (AvgIpc) is 2.76. The minimum absolute atomic E-state index is 0.0804. The van der Waals surface area contributed by atoms with Crippen molar-refractivity contribution >= 4 is 12.0 Å². The number of carbonyl (C=O) groups is 1. The molecule has 0 saturated heterocycles. The molecule has 17 heavy (non-hydrogen) atoms. The fourth-order valence-electron chi connectivity index (χ4n) is 1.07. The third-order valence-electron chi connectivity index (χ3n) is 2.81.